The lowest BCUT2D eigenvalue weighted by Gasteiger charge is -2.27. The van der Waals surface area contributed by atoms with Gasteiger partial charge in [0.15, 0.2) is 0 Å². The van der Waals surface area contributed by atoms with E-state index >= 15 is 0 Å². The van der Waals surface area contributed by atoms with Crippen molar-refractivity contribution >= 4 is 12.6 Å². The van der Waals surface area contributed by atoms with E-state index in [0.717, 1.165) is 50.7 Å². The quantitative estimate of drug-likeness (QED) is 0.787. The molecule has 0 amide bonds. The first-order valence-corrected chi connectivity index (χ1v) is 7.11. The Balaban J connectivity index is 1.94. The molecule has 0 N–H and O–H groups in total. The largest absolute Gasteiger partial charge is 0.497 e. The van der Waals surface area contributed by atoms with E-state index in [9.17, 15) is 8.78 Å². The smallest absolute Gasteiger partial charge is 0.406 e. The number of hydrogen-bond donors (Lipinski definition) is 0. The molecule has 0 aromatic heterocycles. The van der Waals surface area contributed by atoms with E-state index < -0.39 is 18.8 Å². The molecule has 0 atom stereocenters. The van der Waals surface area contributed by atoms with Crippen LogP contribution in [0.15, 0.2) is 18.2 Å². The molecule has 1 aliphatic heterocycles. The normalized spacial score (nSPS) is 17.9. The van der Waals surface area contributed by atoms with Gasteiger partial charge in [-0.1, -0.05) is 13.3 Å². The third kappa shape index (κ3) is 4.26. The van der Waals surface area contributed by atoms with Gasteiger partial charge >= 0.3 is 7.12 Å². The Bertz CT molecular complexity index is 424. The summed E-state index contributed by atoms with van der Waals surface area (Å²) in [6, 6.07) is 3.33. The number of rotatable bonds is 4. The minimum absolute atomic E-state index is 0.131. The summed E-state index contributed by atoms with van der Waals surface area (Å²) in [4.78, 5) is 2.27. The van der Waals surface area contributed by atoms with Gasteiger partial charge in [0.05, 0.1) is 0 Å². The predicted octanol–water partition coefficient (Wildman–Crippen LogP) is 1.81. The Morgan fingerprint density at radius 3 is 2.55 bits per heavy atom. The molecule has 0 saturated carbocycles. The highest BCUT2D eigenvalue weighted by atomic mass is 19.1. The molecule has 1 saturated heterocycles. The van der Waals surface area contributed by atoms with E-state index in [2.05, 4.69) is 11.8 Å². The SMILES string of the molecule is CCCCN1CCOB(c2cc(F)ccc2F)OCC1. The zero-order valence-electron chi connectivity index (χ0n) is 11.8. The van der Waals surface area contributed by atoms with Crippen molar-refractivity contribution in [2.75, 3.05) is 32.8 Å². The second kappa shape index (κ2) is 7.71. The summed E-state index contributed by atoms with van der Waals surface area (Å²) in [5, 5.41) is 0. The van der Waals surface area contributed by atoms with Crippen LogP contribution < -0.4 is 5.46 Å². The maximum absolute atomic E-state index is 13.7. The average Bonchev–Trinajstić information content (AvgIpc) is 2.41. The fraction of sp³-hybridized carbons (Fsp3) is 0.571. The van der Waals surface area contributed by atoms with Crippen LogP contribution in [0.2, 0.25) is 0 Å². The van der Waals surface area contributed by atoms with Crippen molar-refractivity contribution in [3.05, 3.63) is 29.8 Å². The molecule has 3 nitrogen and oxygen atoms in total. The second-order valence-electron chi connectivity index (χ2n) is 4.93. The molecule has 1 fully saturated rings. The Morgan fingerprint density at radius 1 is 1.20 bits per heavy atom. The van der Waals surface area contributed by atoms with E-state index in [1.165, 1.54) is 0 Å². The molecular formula is C14H20BF2NO2. The van der Waals surface area contributed by atoms with Crippen molar-refractivity contribution in [3.8, 4) is 0 Å². The number of unbranched alkanes of at least 4 members (excludes halogenated alkanes) is 1. The van der Waals surface area contributed by atoms with Crippen molar-refractivity contribution in [3.63, 3.8) is 0 Å². The maximum Gasteiger partial charge on any atom is 0.497 e. The van der Waals surface area contributed by atoms with Gasteiger partial charge in [0.1, 0.15) is 11.6 Å². The van der Waals surface area contributed by atoms with Crippen LogP contribution in [-0.2, 0) is 9.31 Å². The van der Waals surface area contributed by atoms with Crippen LogP contribution in [-0.4, -0.2) is 44.9 Å². The van der Waals surface area contributed by atoms with Crippen LogP contribution in [0, 0.1) is 11.6 Å². The lowest BCUT2D eigenvalue weighted by atomic mass is 9.78. The van der Waals surface area contributed by atoms with Gasteiger partial charge in [-0.2, -0.15) is 0 Å². The zero-order valence-corrected chi connectivity index (χ0v) is 11.8. The molecule has 110 valence electrons. The second-order valence-corrected chi connectivity index (χ2v) is 4.93. The molecule has 0 bridgehead atoms. The summed E-state index contributed by atoms with van der Waals surface area (Å²) < 4.78 is 38.0. The van der Waals surface area contributed by atoms with Gasteiger partial charge in [0.25, 0.3) is 0 Å². The summed E-state index contributed by atoms with van der Waals surface area (Å²) >= 11 is 0. The van der Waals surface area contributed by atoms with Gasteiger partial charge in [-0.3, -0.25) is 4.90 Å². The van der Waals surface area contributed by atoms with E-state index in [-0.39, 0.29) is 5.46 Å². The first-order valence-electron chi connectivity index (χ1n) is 7.11. The Kier molecular flexibility index (Phi) is 5.95. The fourth-order valence-electron chi connectivity index (χ4n) is 2.22. The van der Waals surface area contributed by atoms with E-state index in [4.69, 9.17) is 9.31 Å². The van der Waals surface area contributed by atoms with Gasteiger partial charge in [0, 0.05) is 31.8 Å². The first kappa shape index (κ1) is 15.4. The Labute approximate surface area is 119 Å². The average molecular weight is 283 g/mol. The fourth-order valence-corrected chi connectivity index (χ4v) is 2.22. The molecule has 1 aliphatic rings. The molecule has 1 aromatic rings. The van der Waals surface area contributed by atoms with Crippen molar-refractivity contribution < 1.29 is 18.1 Å². The van der Waals surface area contributed by atoms with Crippen molar-refractivity contribution in [1.29, 1.82) is 0 Å². The van der Waals surface area contributed by atoms with E-state index in [0.29, 0.717) is 13.2 Å². The molecular weight excluding hydrogens is 263 g/mol. The van der Waals surface area contributed by atoms with Crippen LogP contribution in [0.1, 0.15) is 19.8 Å². The topological polar surface area (TPSA) is 21.7 Å². The van der Waals surface area contributed by atoms with E-state index in [1.807, 2.05) is 0 Å². The van der Waals surface area contributed by atoms with Crippen LogP contribution >= 0.6 is 0 Å². The highest BCUT2D eigenvalue weighted by Crippen LogP contribution is 2.05. The minimum atomic E-state index is -0.820. The minimum Gasteiger partial charge on any atom is -0.406 e. The lowest BCUT2D eigenvalue weighted by molar-refractivity contribution is 0.115. The van der Waals surface area contributed by atoms with Crippen LogP contribution in [0.25, 0.3) is 0 Å². The third-order valence-electron chi connectivity index (χ3n) is 3.39. The summed E-state index contributed by atoms with van der Waals surface area (Å²) in [6.45, 7) is 5.64. The molecule has 0 unspecified atom stereocenters. The van der Waals surface area contributed by atoms with Crippen molar-refractivity contribution in [2.24, 2.45) is 0 Å². The summed E-state index contributed by atoms with van der Waals surface area (Å²) in [5.41, 5.74) is 0.131. The monoisotopic (exact) mass is 283 g/mol. The van der Waals surface area contributed by atoms with Crippen LogP contribution in [0.4, 0.5) is 8.78 Å². The van der Waals surface area contributed by atoms with Crippen molar-refractivity contribution in [1.82, 2.24) is 4.90 Å². The molecule has 20 heavy (non-hydrogen) atoms. The highest BCUT2D eigenvalue weighted by Gasteiger charge is 2.27. The standard InChI is InChI=1S/C14H20BF2NO2/c1-2-3-6-18-7-9-19-15(20-10-8-18)13-11-12(16)4-5-14(13)17/h4-5,11H,2-3,6-10H2,1H3. The van der Waals surface area contributed by atoms with Gasteiger partial charge < -0.3 is 9.31 Å². The van der Waals surface area contributed by atoms with Crippen molar-refractivity contribution in [2.45, 2.75) is 19.8 Å². The number of nitrogens with zero attached hydrogens (tertiary/aromatic N) is 1. The van der Waals surface area contributed by atoms with Gasteiger partial charge in [0.2, 0.25) is 0 Å². The number of halogens is 2. The van der Waals surface area contributed by atoms with Crippen LogP contribution in [0.3, 0.4) is 0 Å². The third-order valence-corrected chi connectivity index (χ3v) is 3.39. The van der Waals surface area contributed by atoms with Crippen LogP contribution in [0.5, 0.6) is 0 Å². The van der Waals surface area contributed by atoms with Gasteiger partial charge in [-0.05, 0) is 31.2 Å². The molecule has 6 heteroatoms. The number of benzene rings is 1. The molecule has 1 heterocycles. The van der Waals surface area contributed by atoms with Gasteiger partial charge in [-0.25, -0.2) is 8.78 Å². The Morgan fingerprint density at radius 2 is 1.90 bits per heavy atom. The first-order chi connectivity index (χ1) is 9.70. The Hall–Kier alpha value is -0.975. The zero-order chi connectivity index (χ0) is 14.4. The summed E-state index contributed by atoms with van der Waals surface area (Å²) in [5.74, 6) is -0.986. The predicted molar refractivity (Wildman–Crippen MR) is 75.0 cm³/mol. The number of hydrogen-bond acceptors (Lipinski definition) is 3. The van der Waals surface area contributed by atoms with E-state index in [1.54, 1.807) is 0 Å². The summed E-state index contributed by atoms with van der Waals surface area (Å²) in [6.07, 6.45) is 2.29. The maximum atomic E-state index is 13.7. The molecule has 1 aromatic carbocycles. The molecule has 2 rings (SSSR count). The van der Waals surface area contributed by atoms with Gasteiger partial charge in [-0.15, -0.1) is 0 Å². The molecule has 0 spiro atoms. The lowest BCUT2D eigenvalue weighted by Crippen LogP contribution is -2.45. The summed E-state index contributed by atoms with van der Waals surface area (Å²) in [7, 11) is -0.820. The molecule has 0 radical (unpaired) electrons. The molecule has 0 aliphatic carbocycles. The highest BCUT2D eigenvalue weighted by molar-refractivity contribution is 6.61.